The standard InChI is InChI=1S/C7H9N.CH4/c1-2-7-4-3-5-8-6-7;/h3-6H,2H2,1H3;1H4. The summed E-state index contributed by atoms with van der Waals surface area (Å²) in [6.07, 6.45) is 4.76. The molecule has 50 valence electrons. The van der Waals surface area contributed by atoms with Crippen LogP contribution < -0.4 is 0 Å². The van der Waals surface area contributed by atoms with Crippen LogP contribution in [-0.4, -0.2) is 4.98 Å². The second-order valence-electron chi connectivity index (χ2n) is 1.71. The van der Waals surface area contributed by atoms with Gasteiger partial charge in [-0.3, -0.25) is 4.98 Å². The summed E-state index contributed by atoms with van der Waals surface area (Å²) in [7, 11) is 0. The lowest BCUT2D eigenvalue weighted by molar-refractivity contribution is 1.10. The first-order valence-corrected chi connectivity index (χ1v) is 2.82. The average Bonchev–Trinajstić information content (AvgIpc) is 1.90. The molecule has 0 aliphatic heterocycles. The number of pyridine rings is 1. The third-order valence-electron chi connectivity index (χ3n) is 1.13. The normalized spacial score (nSPS) is 8.11. The SMILES string of the molecule is C.CCc1cccnc1. The first-order chi connectivity index (χ1) is 3.93. The Hall–Kier alpha value is -0.850. The zero-order chi connectivity index (χ0) is 5.82. The fraction of sp³-hybridized carbons (Fsp3) is 0.375. The zero-order valence-electron chi connectivity index (χ0n) is 4.96. The molecule has 1 aromatic heterocycles. The predicted octanol–water partition coefficient (Wildman–Crippen LogP) is 2.28. The smallest absolute Gasteiger partial charge is 0.0299 e. The molecular weight excluding hydrogens is 110 g/mol. The molecule has 0 unspecified atom stereocenters. The number of aryl methyl sites for hydroxylation is 1. The molecule has 9 heavy (non-hydrogen) atoms. The second-order valence-corrected chi connectivity index (χ2v) is 1.71. The molecule has 1 nitrogen and oxygen atoms in total. The number of rotatable bonds is 1. The topological polar surface area (TPSA) is 12.9 Å². The monoisotopic (exact) mass is 123 g/mol. The van der Waals surface area contributed by atoms with E-state index in [0.29, 0.717) is 0 Å². The lowest BCUT2D eigenvalue weighted by Crippen LogP contribution is -1.77. The Bertz CT molecular complexity index is 146. The van der Waals surface area contributed by atoms with E-state index in [1.165, 1.54) is 5.56 Å². The van der Waals surface area contributed by atoms with Crippen LogP contribution >= 0.6 is 0 Å². The van der Waals surface area contributed by atoms with Gasteiger partial charge in [0.25, 0.3) is 0 Å². The molecular formula is C8H13N. The number of aromatic nitrogens is 1. The summed E-state index contributed by atoms with van der Waals surface area (Å²) in [5.41, 5.74) is 1.30. The van der Waals surface area contributed by atoms with Gasteiger partial charge < -0.3 is 0 Å². The summed E-state index contributed by atoms with van der Waals surface area (Å²) >= 11 is 0. The van der Waals surface area contributed by atoms with Crippen LogP contribution in [0.25, 0.3) is 0 Å². The molecule has 1 heteroatoms. The van der Waals surface area contributed by atoms with Crippen molar-refractivity contribution < 1.29 is 0 Å². The van der Waals surface area contributed by atoms with Gasteiger partial charge in [-0.2, -0.15) is 0 Å². The van der Waals surface area contributed by atoms with Gasteiger partial charge in [-0.1, -0.05) is 20.4 Å². The Morgan fingerprint density at radius 3 is 2.67 bits per heavy atom. The van der Waals surface area contributed by atoms with Crippen molar-refractivity contribution in [3.05, 3.63) is 30.1 Å². The van der Waals surface area contributed by atoms with Crippen LogP contribution in [0.5, 0.6) is 0 Å². The molecule has 0 spiro atoms. The molecule has 1 heterocycles. The number of hydrogen-bond donors (Lipinski definition) is 0. The molecule has 0 saturated carbocycles. The van der Waals surface area contributed by atoms with E-state index in [4.69, 9.17) is 0 Å². The van der Waals surface area contributed by atoms with E-state index in [2.05, 4.69) is 18.0 Å². The highest BCUT2D eigenvalue weighted by Gasteiger charge is 1.81. The van der Waals surface area contributed by atoms with Gasteiger partial charge in [0, 0.05) is 12.4 Å². The van der Waals surface area contributed by atoms with E-state index in [9.17, 15) is 0 Å². The second kappa shape index (κ2) is 4.07. The van der Waals surface area contributed by atoms with Gasteiger partial charge >= 0.3 is 0 Å². The summed E-state index contributed by atoms with van der Waals surface area (Å²) in [6.45, 7) is 2.12. The molecule has 0 saturated heterocycles. The van der Waals surface area contributed by atoms with Crippen LogP contribution in [-0.2, 0) is 6.42 Å². The first kappa shape index (κ1) is 8.15. The molecule has 0 aliphatic rings. The molecule has 1 aromatic rings. The maximum atomic E-state index is 3.96. The Balaban J connectivity index is 0.000000640. The summed E-state index contributed by atoms with van der Waals surface area (Å²) in [5.74, 6) is 0. The van der Waals surface area contributed by atoms with E-state index in [1.807, 2.05) is 12.3 Å². The van der Waals surface area contributed by atoms with Crippen LogP contribution in [0.1, 0.15) is 19.9 Å². The highest BCUT2D eigenvalue weighted by atomic mass is 14.6. The van der Waals surface area contributed by atoms with Gasteiger partial charge in [0.1, 0.15) is 0 Å². The Morgan fingerprint density at radius 2 is 2.33 bits per heavy atom. The summed E-state index contributed by atoms with van der Waals surface area (Å²) in [6, 6.07) is 4.03. The zero-order valence-corrected chi connectivity index (χ0v) is 4.96. The number of nitrogens with zero attached hydrogens (tertiary/aromatic N) is 1. The van der Waals surface area contributed by atoms with Crippen LogP contribution in [0.3, 0.4) is 0 Å². The average molecular weight is 123 g/mol. The molecule has 0 aliphatic carbocycles. The van der Waals surface area contributed by atoms with Crippen molar-refractivity contribution in [2.24, 2.45) is 0 Å². The van der Waals surface area contributed by atoms with Gasteiger partial charge in [0.2, 0.25) is 0 Å². The summed E-state index contributed by atoms with van der Waals surface area (Å²) in [4.78, 5) is 3.96. The van der Waals surface area contributed by atoms with Gasteiger partial charge in [-0.15, -0.1) is 0 Å². The lowest BCUT2D eigenvalue weighted by atomic mass is 10.2. The van der Waals surface area contributed by atoms with Crippen LogP contribution in [0.15, 0.2) is 24.5 Å². The molecule has 0 bridgehead atoms. The third-order valence-corrected chi connectivity index (χ3v) is 1.13. The maximum Gasteiger partial charge on any atom is 0.0299 e. The Kier molecular flexibility index (Phi) is 3.69. The fourth-order valence-corrected chi connectivity index (χ4v) is 0.607. The molecule has 0 atom stereocenters. The molecule has 0 aromatic carbocycles. The van der Waals surface area contributed by atoms with E-state index >= 15 is 0 Å². The largest absolute Gasteiger partial charge is 0.264 e. The van der Waals surface area contributed by atoms with Crippen molar-refractivity contribution in [1.29, 1.82) is 0 Å². The van der Waals surface area contributed by atoms with Crippen molar-refractivity contribution in [2.75, 3.05) is 0 Å². The minimum Gasteiger partial charge on any atom is -0.264 e. The van der Waals surface area contributed by atoms with E-state index in [-0.39, 0.29) is 7.43 Å². The van der Waals surface area contributed by atoms with Crippen LogP contribution in [0.4, 0.5) is 0 Å². The van der Waals surface area contributed by atoms with Crippen molar-refractivity contribution in [3.8, 4) is 0 Å². The Labute approximate surface area is 56.8 Å². The first-order valence-electron chi connectivity index (χ1n) is 2.82. The minimum atomic E-state index is 0. The van der Waals surface area contributed by atoms with E-state index < -0.39 is 0 Å². The van der Waals surface area contributed by atoms with Gasteiger partial charge in [-0.25, -0.2) is 0 Å². The van der Waals surface area contributed by atoms with Crippen molar-refractivity contribution in [1.82, 2.24) is 4.98 Å². The fourth-order valence-electron chi connectivity index (χ4n) is 0.607. The quantitative estimate of drug-likeness (QED) is 0.558. The third kappa shape index (κ3) is 2.27. The van der Waals surface area contributed by atoms with Crippen molar-refractivity contribution in [3.63, 3.8) is 0 Å². The summed E-state index contributed by atoms with van der Waals surface area (Å²) in [5, 5.41) is 0. The van der Waals surface area contributed by atoms with E-state index in [0.717, 1.165) is 6.42 Å². The molecule has 0 radical (unpaired) electrons. The van der Waals surface area contributed by atoms with Crippen LogP contribution in [0, 0.1) is 0 Å². The Morgan fingerprint density at radius 1 is 1.56 bits per heavy atom. The molecule has 0 N–H and O–H groups in total. The summed E-state index contributed by atoms with van der Waals surface area (Å²) < 4.78 is 0. The number of hydrogen-bond acceptors (Lipinski definition) is 1. The molecule has 1 rings (SSSR count). The van der Waals surface area contributed by atoms with Crippen molar-refractivity contribution in [2.45, 2.75) is 20.8 Å². The van der Waals surface area contributed by atoms with E-state index in [1.54, 1.807) is 6.20 Å². The minimum absolute atomic E-state index is 0. The van der Waals surface area contributed by atoms with Gasteiger partial charge in [-0.05, 0) is 18.1 Å². The highest BCUT2D eigenvalue weighted by Crippen LogP contribution is 1.93. The van der Waals surface area contributed by atoms with Crippen LogP contribution in [0.2, 0.25) is 0 Å². The predicted molar refractivity (Wildman–Crippen MR) is 40.3 cm³/mol. The maximum absolute atomic E-state index is 3.96. The van der Waals surface area contributed by atoms with Crippen molar-refractivity contribution >= 4 is 0 Å². The highest BCUT2D eigenvalue weighted by molar-refractivity contribution is 5.07. The molecule has 0 fully saturated rings. The van der Waals surface area contributed by atoms with Gasteiger partial charge in [0.15, 0.2) is 0 Å². The molecule has 0 amide bonds. The van der Waals surface area contributed by atoms with Gasteiger partial charge in [0.05, 0.1) is 0 Å². The lowest BCUT2D eigenvalue weighted by Gasteiger charge is -1.88.